The summed E-state index contributed by atoms with van der Waals surface area (Å²) in [7, 11) is 4.49. The van der Waals surface area contributed by atoms with Gasteiger partial charge in [-0.3, -0.25) is 9.59 Å². The lowest BCUT2D eigenvalue weighted by atomic mass is 9.95. The number of likely N-dealkylation sites (tertiary alicyclic amines) is 1. The van der Waals surface area contributed by atoms with E-state index in [1.165, 1.54) is 26.2 Å². The highest BCUT2D eigenvalue weighted by atomic mass is 16.5. The summed E-state index contributed by atoms with van der Waals surface area (Å²) in [5.41, 5.74) is 0.941. The van der Waals surface area contributed by atoms with Crippen molar-refractivity contribution in [1.29, 1.82) is 0 Å². The van der Waals surface area contributed by atoms with Gasteiger partial charge in [-0.05, 0) is 35.7 Å². The number of ketones is 1. The van der Waals surface area contributed by atoms with Crippen molar-refractivity contribution in [1.82, 2.24) is 4.90 Å². The van der Waals surface area contributed by atoms with Gasteiger partial charge in [-0.25, -0.2) is 0 Å². The number of methoxy groups -OCH3 is 3. The van der Waals surface area contributed by atoms with Gasteiger partial charge < -0.3 is 29.0 Å². The Labute approximate surface area is 199 Å². The van der Waals surface area contributed by atoms with Crippen LogP contribution in [0.4, 0.5) is 0 Å². The standard InChI is InChI=1S/C26H31NO7/c1-16(2)15-34-18-8-6-17(7-9-18)23-22(25(29)26(30)27(23)12-13-31-3)24(28)20-11-10-19(32-4)14-21(20)33-5/h6-11,14,16,23,28H,12-13,15H2,1-5H3/b24-22-. The van der Waals surface area contributed by atoms with Crippen molar-refractivity contribution >= 4 is 17.4 Å². The number of rotatable bonds is 10. The van der Waals surface area contributed by atoms with Crippen molar-refractivity contribution in [2.45, 2.75) is 19.9 Å². The van der Waals surface area contributed by atoms with Crippen molar-refractivity contribution in [3.63, 3.8) is 0 Å². The van der Waals surface area contributed by atoms with Gasteiger partial charge in [0.2, 0.25) is 0 Å². The number of benzene rings is 2. The van der Waals surface area contributed by atoms with Crippen LogP contribution in [0, 0.1) is 5.92 Å². The number of aliphatic hydroxyl groups excluding tert-OH is 1. The van der Waals surface area contributed by atoms with Crippen LogP contribution in [0.15, 0.2) is 48.0 Å². The Hall–Kier alpha value is -3.52. The lowest BCUT2D eigenvalue weighted by molar-refractivity contribution is -0.140. The molecular formula is C26H31NO7. The van der Waals surface area contributed by atoms with Crippen molar-refractivity contribution in [3.8, 4) is 17.2 Å². The number of carbonyl (C=O) groups is 2. The van der Waals surface area contributed by atoms with Crippen LogP contribution >= 0.6 is 0 Å². The molecule has 1 amide bonds. The lowest BCUT2D eigenvalue weighted by Gasteiger charge is -2.25. The van der Waals surface area contributed by atoms with Crippen LogP contribution in [0.2, 0.25) is 0 Å². The Morgan fingerprint density at radius 3 is 2.26 bits per heavy atom. The minimum atomic E-state index is -0.791. The average molecular weight is 470 g/mol. The molecule has 0 saturated carbocycles. The van der Waals surface area contributed by atoms with Gasteiger partial charge in [0, 0.05) is 19.7 Å². The maximum Gasteiger partial charge on any atom is 0.295 e. The predicted octanol–water partition coefficient (Wildman–Crippen LogP) is 3.81. The summed E-state index contributed by atoms with van der Waals surface area (Å²) < 4.78 is 21.5. The van der Waals surface area contributed by atoms with Gasteiger partial charge in [-0.2, -0.15) is 0 Å². The van der Waals surface area contributed by atoms with Crippen LogP contribution in [0.1, 0.15) is 31.0 Å². The van der Waals surface area contributed by atoms with Crippen molar-refractivity contribution in [3.05, 3.63) is 59.2 Å². The molecular weight excluding hydrogens is 438 g/mol. The van der Waals surface area contributed by atoms with Crippen LogP contribution in [0.3, 0.4) is 0 Å². The first kappa shape index (κ1) is 25.1. The van der Waals surface area contributed by atoms with E-state index in [1.54, 1.807) is 42.5 Å². The van der Waals surface area contributed by atoms with Crippen molar-refractivity contribution < 1.29 is 33.6 Å². The number of Topliss-reactive ketones (excluding diaryl/α,β-unsaturated/α-hetero) is 1. The SMILES string of the molecule is COCCN1C(=O)C(=O)/C(=C(\O)c2ccc(OC)cc2OC)C1c1ccc(OCC(C)C)cc1. The molecule has 0 aromatic heterocycles. The summed E-state index contributed by atoms with van der Waals surface area (Å²) in [4.78, 5) is 27.5. The molecule has 0 radical (unpaired) electrons. The molecule has 34 heavy (non-hydrogen) atoms. The molecule has 1 atom stereocenters. The number of hydrogen-bond acceptors (Lipinski definition) is 7. The Balaban J connectivity index is 2.10. The van der Waals surface area contributed by atoms with Crippen molar-refractivity contribution in [2.24, 2.45) is 5.92 Å². The van der Waals surface area contributed by atoms with Gasteiger partial charge in [-0.15, -0.1) is 0 Å². The Morgan fingerprint density at radius 2 is 1.68 bits per heavy atom. The quantitative estimate of drug-likeness (QED) is 0.321. The highest BCUT2D eigenvalue weighted by molar-refractivity contribution is 6.46. The smallest absolute Gasteiger partial charge is 0.295 e. The fraction of sp³-hybridized carbons (Fsp3) is 0.385. The van der Waals surface area contributed by atoms with Crippen LogP contribution in [0.5, 0.6) is 17.2 Å². The first-order chi connectivity index (χ1) is 16.3. The number of amides is 1. The molecule has 1 aliphatic rings. The summed E-state index contributed by atoms with van der Waals surface area (Å²) in [6.07, 6.45) is 0. The van der Waals surface area contributed by atoms with E-state index >= 15 is 0 Å². The molecule has 0 spiro atoms. The van der Waals surface area contributed by atoms with Crippen LogP contribution in [0.25, 0.3) is 5.76 Å². The third-order valence-electron chi connectivity index (χ3n) is 5.52. The second kappa shape index (κ2) is 11.1. The number of carbonyl (C=O) groups excluding carboxylic acids is 2. The van der Waals surface area contributed by atoms with E-state index in [-0.39, 0.29) is 30.0 Å². The molecule has 1 aliphatic heterocycles. The minimum absolute atomic E-state index is 0.0135. The number of hydrogen-bond donors (Lipinski definition) is 1. The van der Waals surface area contributed by atoms with Crippen molar-refractivity contribution in [2.75, 3.05) is 41.1 Å². The maximum atomic E-state index is 13.1. The lowest BCUT2D eigenvalue weighted by Crippen LogP contribution is -2.32. The molecule has 0 bridgehead atoms. The highest BCUT2D eigenvalue weighted by Gasteiger charge is 2.46. The molecule has 182 valence electrons. The van der Waals surface area contributed by atoms with Gasteiger partial charge >= 0.3 is 0 Å². The Kier molecular flexibility index (Phi) is 8.17. The molecule has 8 heteroatoms. The van der Waals surface area contributed by atoms with Crippen LogP contribution in [-0.4, -0.2) is 62.8 Å². The van der Waals surface area contributed by atoms with E-state index in [4.69, 9.17) is 18.9 Å². The zero-order valence-corrected chi connectivity index (χ0v) is 20.2. The zero-order chi connectivity index (χ0) is 24.8. The monoisotopic (exact) mass is 469 g/mol. The van der Waals surface area contributed by atoms with Gasteiger partial charge in [0.05, 0.1) is 44.6 Å². The van der Waals surface area contributed by atoms with E-state index < -0.39 is 17.7 Å². The fourth-order valence-corrected chi connectivity index (χ4v) is 3.80. The van der Waals surface area contributed by atoms with Gasteiger partial charge in [0.25, 0.3) is 11.7 Å². The first-order valence-corrected chi connectivity index (χ1v) is 11.0. The molecule has 1 N–H and O–H groups in total. The third-order valence-corrected chi connectivity index (χ3v) is 5.52. The molecule has 2 aromatic carbocycles. The van der Waals surface area contributed by atoms with E-state index in [2.05, 4.69) is 13.8 Å². The summed E-state index contributed by atoms with van der Waals surface area (Å²) in [5.74, 6) is 0.123. The largest absolute Gasteiger partial charge is 0.507 e. The molecule has 0 aliphatic carbocycles. The first-order valence-electron chi connectivity index (χ1n) is 11.0. The summed E-state index contributed by atoms with van der Waals surface area (Å²) in [6.45, 7) is 5.12. The summed E-state index contributed by atoms with van der Waals surface area (Å²) >= 11 is 0. The number of ether oxygens (including phenoxy) is 4. The number of aliphatic hydroxyl groups is 1. The molecule has 2 aromatic rings. The third kappa shape index (κ3) is 5.17. The summed E-state index contributed by atoms with van der Waals surface area (Å²) in [5, 5.41) is 11.3. The molecule has 3 rings (SSSR count). The van der Waals surface area contributed by atoms with Crippen LogP contribution < -0.4 is 14.2 Å². The second-order valence-electron chi connectivity index (χ2n) is 8.33. The molecule has 1 unspecified atom stereocenters. The minimum Gasteiger partial charge on any atom is -0.507 e. The molecule has 1 heterocycles. The van der Waals surface area contributed by atoms with E-state index in [0.29, 0.717) is 35.3 Å². The topological polar surface area (TPSA) is 94.5 Å². The number of nitrogens with zero attached hydrogens (tertiary/aromatic N) is 1. The molecule has 1 fully saturated rings. The zero-order valence-electron chi connectivity index (χ0n) is 20.2. The molecule has 8 nitrogen and oxygen atoms in total. The van der Waals surface area contributed by atoms with Gasteiger partial charge in [-0.1, -0.05) is 26.0 Å². The normalized spacial score (nSPS) is 17.4. The van der Waals surface area contributed by atoms with Crippen LogP contribution in [-0.2, 0) is 14.3 Å². The predicted molar refractivity (Wildman–Crippen MR) is 127 cm³/mol. The maximum absolute atomic E-state index is 13.1. The van der Waals surface area contributed by atoms with E-state index in [0.717, 1.165) is 0 Å². The summed E-state index contributed by atoms with van der Waals surface area (Å²) in [6, 6.07) is 11.2. The van der Waals surface area contributed by atoms with Gasteiger partial charge in [0.1, 0.15) is 23.0 Å². The van der Waals surface area contributed by atoms with Gasteiger partial charge in [0.15, 0.2) is 0 Å². The Morgan fingerprint density at radius 1 is 1.00 bits per heavy atom. The van der Waals surface area contributed by atoms with E-state index in [9.17, 15) is 14.7 Å². The fourth-order valence-electron chi connectivity index (χ4n) is 3.80. The van der Waals surface area contributed by atoms with E-state index in [1.807, 2.05) is 0 Å². The Bertz CT molecular complexity index is 1060. The highest BCUT2D eigenvalue weighted by Crippen LogP contribution is 2.41. The second-order valence-corrected chi connectivity index (χ2v) is 8.33. The average Bonchev–Trinajstić information content (AvgIpc) is 3.10. The molecule has 1 saturated heterocycles.